The molecule has 1 heterocycles. The number of hydrogen-bond donors (Lipinski definition) is 0. The highest BCUT2D eigenvalue weighted by Gasteiger charge is 2.08. The Morgan fingerprint density at radius 3 is 2.65 bits per heavy atom. The van der Waals surface area contributed by atoms with E-state index in [2.05, 4.69) is 13.0 Å². The Labute approximate surface area is 117 Å². The predicted octanol–water partition coefficient (Wildman–Crippen LogP) is 4.33. The lowest BCUT2D eigenvalue weighted by Crippen LogP contribution is -1.96. The van der Waals surface area contributed by atoms with Gasteiger partial charge in [0.15, 0.2) is 11.5 Å². The molecular weight excluding hydrogens is 252 g/mol. The molecule has 0 aliphatic heterocycles. The van der Waals surface area contributed by atoms with Gasteiger partial charge < -0.3 is 13.9 Å². The average molecular weight is 268 g/mol. The van der Waals surface area contributed by atoms with Crippen LogP contribution in [0.25, 0.3) is 11.0 Å². The van der Waals surface area contributed by atoms with E-state index in [1.165, 1.54) is 5.56 Å². The number of aryl methyl sites for hydroxylation is 1. The topological polar surface area (TPSA) is 31.6 Å². The van der Waals surface area contributed by atoms with Gasteiger partial charge in [-0.15, -0.1) is 0 Å². The third kappa shape index (κ3) is 2.35. The summed E-state index contributed by atoms with van der Waals surface area (Å²) >= 11 is 0. The zero-order chi connectivity index (χ0) is 13.9. The second-order valence-electron chi connectivity index (χ2n) is 4.70. The fraction of sp³-hybridized carbons (Fsp3) is 0.176. The number of furan rings is 1. The van der Waals surface area contributed by atoms with Crippen molar-refractivity contribution in [3.05, 3.63) is 59.9 Å². The van der Waals surface area contributed by atoms with E-state index in [9.17, 15) is 0 Å². The van der Waals surface area contributed by atoms with Crippen LogP contribution in [-0.4, -0.2) is 7.11 Å². The van der Waals surface area contributed by atoms with Crippen LogP contribution in [0.4, 0.5) is 0 Å². The quantitative estimate of drug-likeness (QED) is 0.705. The zero-order valence-electron chi connectivity index (χ0n) is 11.6. The molecule has 3 aromatic rings. The largest absolute Gasteiger partial charge is 0.493 e. The van der Waals surface area contributed by atoms with Crippen molar-refractivity contribution in [3.63, 3.8) is 0 Å². The first-order chi connectivity index (χ1) is 9.78. The molecule has 102 valence electrons. The lowest BCUT2D eigenvalue weighted by Gasteiger charge is -2.09. The molecule has 0 amide bonds. The molecule has 0 spiro atoms. The second kappa shape index (κ2) is 5.29. The van der Waals surface area contributed by atoms with Gasteiger partial charge in [0, 0.05) is 10.9 Å². The van der Waals surface area contributed by atoms with Gasteiger partial charge >= 0.3 is 0 Å². The third-order valence-electron chi connectivity index (χ3n) is 3.26. The summed E-state index contributed by atoms with van der Waals surface area (Å²) in [6.07, 6.45) is 1.75. The van der Waals surface area contributed by atoms with Gasteiger partial charge in [-0.1, -0.05) is 23.8 Å². The molecule has 0 bridgehead atoms. The Hall–Kier alpha value is -2.42. The van der Waals surface area contributed by atoms with Crippen molar-refractivity contribution in [1.29, 1.82) is 0 Å². The first kappa shape index (κ1) is 12.6. The summed E-state index contributed by atoms with van der Waals surface area (Å²) in [5.41, 5.74) is 3.13. The number of hydrogen-bond acceptors (Lipinski definition) is 3. The van der Waals surface area contributed by atoms with Crippen molar-refractivity contribution in [2.45, 2.75) is 13.5 Å². The smallest absolute Gasteiger partial charge is 0.161 e. The van der Waals surface area contributed by atoms with Gasteiger partial charge in [-0.05, 0) is 31.2 Å². The number of ether oxygens (including phenoxy) is 2. The maximum Gasteiger partial charge on any atom is 0.161 e. The van der Waals surface area contributed by atoms with E-state index in [0.717, 1.165) is 28.0 Å². The van der Waals surface area contributed by atoms with Gasteiger partial charge in [0.1, 0.15) is 12.2 Å². The number of benzene rings is 2. The van der Waals surface area contributed by atoms with Crippen LogP contribution >= 0.6 is 0 Å². The van der Waals surface area contributed by atoms with E-state index in [1.807, 2.05) is 36.4 Å². The molecule has 0 N–H and O–H groups in total. The third-order valence-corrected chi connectivity index (χ3v) is 3.26. The molecule has 0 atom stereocenters. The van der Waals surface area contributed by atoms with Gasteiger partial charge in [-0.25, -0.2) is 0 Å². The van der Waals surface area contributed by atoms with Crippen LogP contribution in [0, 0.1) is 6.92 Å². The van der Waals surface area contributed by atoms with Crippen LogP contribution in [0.15, 0.2) is 53.1 Å². The average Bonchev–Trinajstić information content (AvgIpc) is 2.87. The Kier molecular flexibility index (Phi) is 3.33. The molecule has 0 radical (unpaired) electrons. The fourth-order valence-corrected chi connectivity index (χ4v) is 2.20. The molecule has 0 aliphatic rings. The molecule has 0 fully saturated rings. The van der Waals surface area contributed by atoms with E-state index < -0.39 is 0 Å². The van der Waals surface area contributed by atoms with Crippen LogP contribution in [0.2, 0.25) is 0 Å². The molecule has 0 aliphatic carbocycles. The van der Waals surface area contributed by atoms with Crippen LogP contribution < -0.4 is 9.47 Å². The highest BCUT2D eigenvalue weighted by molar-refractivity contribution is 5.81. The molecule has 2 aromatic carbocycles. The molecule has 3 heteroatoms. The number of rotatable bonds is 4. The molecule has 20 heavy (non-hydrogen) atoms. The van der Waals surface area contributed by atoms with Crippen molar-refractivity contribution in [2.75, 3.05) is 7.11 Å². The van der Waals surface area contributed by atoms with Crippen LogP contribution in [-0.2, 0) is 6.61 Å². The Morgan fingerprint density at radius 2 is 1.85 bits per heavy atom. The Bertz CT molecular complexity index is 728. The summed E-state index contributed by atoms with van der Waals surface area (Å²) in [6.45, 7) is 2.52. The number of methoxy groups -OCH3 is 1. The summed E-state index contributed by atoms with van der Waals surface area (Å²) < 4.78 is 16.6. The van der Waals surface area contributed by atoms with Crippen LogP contribution in [0.1, 0.15) is 11.1 Å². The number of para-hydroxylation sites is 2. The summed E-state index contributed by atoms with van der Waals surface area (Å²) in [4.78, 5) is 0. The summed E-state index contributed by atoms with van der Waals surface area (Å²) in [7, 11) is 1.64. The van der Waals surface area contributed by atoms with Gasteiger partial charge in [0.2, 0.25) is 0 Å². The van der Waals surface area contributed by atoms with Crippen molar-refractivity contribution in [2.24, 2.45) is 0 Å². The molecule has 0 saturated carbocycles. The van der Waals surface area contributed by atoms with Crippen molar-refractivity contribution >= 4 is 11.0 Å². The molecule has 0 saturated heterocycles. The molecular formula is C17H16O3. The van der Waals surface area contributed by atoms with Crippen LogP contribution in [0.5, 0.6) is 11.5 Å². The maximum absolute atomic E-state index is 5.84. The monoisotopic (exact) mass is 268 g/mol. The zero-order valence-corrected chi connectivity index (χ0v) is 11.6. The lowest BCUT2D eigenvalue weighted by molar-refractivity contribution is 0.284. The van der Waals surface area contributed by atoms with E-state index in [-0.39, 0.29) is 0 Å². The van der Waals surface area contributed by atoms with E-state index >= 15 is 0 Å². The minimum atomic E-state index is 0.455. The molecule has 3 nitrogen and oxygen atoms in total. The first-order valence-corrected chi connectivity index (χ1v) is 6.50. The second-order valence-corrected chi connectivity index (χ2v) is 4.70. The first-order valence-electron chi connectivity index (χ1n) is 6.50. The highest BCUT2D eigenvalue weighted by Crippen LogP contribution is 2.28. The summed E-state index contributed by atoms with van der Waals surface area (Å²) in [5, 5.41) is 1.10. The Morgan fingerprint density at radius 1 is 1.05 bits per heavy atom. The minimum Gasteiger partial charge on any atom is -0.493 e. The summed E-state index contributed by atoms with van der Waals surface area (Å²) in [5.74, 6) is 1.47. The predicted molar refractivity (Wildman–Crippen MR) is 78.3 cm³/mol. The van der Waals surface area contributed by atoms with Gasteiger partial charge in [0.05, 0.1) is 13.4 Å². The van der Waals surface area contributed by atoms with Crippen molar-refractivity contribution in [3.8, 4) is 11.5 Å². The molecule has 0 unspecified atom stereocenters. The van der Waals surface area contributed by atoms with Crippen LogP contribution in [0.3, 0.4) is 0 Å². The maximum atomic E-state index is 5.84. The van der Waals surface area contributed by atoms with E-state index in [0.29, 0.717) is 6.61 Å². The summed E-state index contributed by atoms with van der Waals surface area (Å²) in [6, 6.07) is 13.8. The van der Waals surface area contributed by atoms with E-state index in [1.54, 1.807) is 13.4 Å². The number of fused-ring (bicyclic) bond motifs is 1. The highest BCUT2D eigenvalue weighted by atomic mass is 16.5. The molecule has 3 rings (SSSR count). The van der Waals surface area contributed by atoms with Gasteiger partial charge in [-0.2, -0.15) is 0 Å². The standard InChI is InChI=1S/C17H16O3/c1-12-7-8-15-14(9-12)13(10-19-15)11-20-17-6-4-3-5-16(17)18-2/h3-10H,11H2,1-2H3. The van der Waals surface area contributed by atoms with Crippen molar-refractivity contribution in [1.82, 2.24) is 0 Å². The normalized spacial score (nSPS) is 10.7. The van der Waals surface area contributed by atoms with Crippen molar-refractivity contribution < 1.29 is 13.9 Å². The molecule has 1 aromatic heterocycles. The van der Waals surface area contributed by atoms with Gasteiger partial charge in [0.25, 0.3) is 0 Å². The Balaban J connectivity index is 1.85. The minimum absolute atomic E-state index is 0.455. The van der Waals surface area contributed by atoms with E-state index in [4.69, 9.17) is 13.9 Å². The SMILES string of the molecule is COc1ccccc1OCc1coc2ccc(C)cc12. The van der Waals surface area contributed by atoms with Gasteiger partial charge in [-0.3, -0.25) is 0 Å². The lowest BCUT2D eigenvalue weighted by atomic mass is 10.1. The fourth-order valence-electron chi connectivity index (χ4n) is 2.20.